The van der Waals surface area contributed by atoms with Crippen molar-refractivity contribution in [3.63, 3.8) is 0 Å². The molecule has 112 valence electrons. The number of hydrogen-bond donors (Lipinski definition) is 2. The van der Waals surface area contributed by atoms with Crippen molar-refractivity contribution in [1.29, 1.82) is 0 Å². The summed E-state index contributed by atoms with van der Waals surface area (Å²) in [5, 5.41) is 9.92. The van der Waals surface area contributed by atoms with Crippen molar-refractivity contribution < 1.29 is 19.4 Å². The van der Waals surface area contributed by atoms with Crippen LogP contribution in [0, 0.1) is 5.92 Å². The van der Waals surface area contributed by atoms with E-state index >= 15 is 0 Å². The molecule has 0 bridgehead atoms. The summed E-state index contributed by atoms with van der Waals surface area (Å²) < 4.78 is 10.4. The Balaban J connectivity index is 2.24. The van der Waals surface area contributed by atoms with Gasteiger partial charge in [0, 0.05) is 20.2 Å². The Morgan fingerprint density at radius 1 is 1.53 bits per heavy atom. The molecule has 1 aliphatic rings. The summed E-state index contributed by atoms with van der Waals surface area (Å²) in [6.45, 7) is 4.75. The van der Waals surface area contributed by atoms with E-state index in [0.29, 0.717) is 19.7 Å². The first-order valence-corrected chi connectivity index (χ1v) is 6.83. The minimum Gasteiger partial charge on any atom is -0.389 e. The number of hydrogen-bond acceptors (Lipinski definition) is 5. The second-order valence-electron chi connectivity index (χ2n) is 5.25. The summed E-state index contributed by atoms with van der Waals surface area (Å²) in [4.78, 5) is 13.2. The van der Waals surface area contributed by atoms with E-state index in [-0.39, 0.29) is 24.5 Å². The minimum absolute atomic E-state index is 0.0284. The van der Waals surface area contributed by atoms with Crippen molar-refractivity contribution in [3.8, 4) is 0 Å². The van der Waals surface area contributed by atoms with E-state index in [1.807, 2.05) is 6.92 Å². The summed E-state index contributed by atoms with van der Waals surface area (Å²) in [6.07, 6.45) is 1.22. The molecule has 1 amide bonds. The Hall–Kier alpha value is -0.690. The zero-order valence-corrected chi connectivity index (χ0v) is 11.9. The second kappa shape index (κ2) is 8.47. The topological polar surface area (TPSA) is 85.0 Å². The number of amides is 1. The number of aliphatic hydroxyl groups is 1. The number of carbonyl (C=O) groups is 1. The van der Waals surface area contributed by atoms with Crippen LogP contribution < -0.4 is 5.73 Å². The Bertz CT molecular complexity index is 275. The van der Waals surface area contributed by atoms with Gasteiger partial charge in [-0.2, -0.15) is 0 Å². The Kier molecular flexibility index (Phi) is 7.30. The van der Waals surface area contributed by atoms with Crippen molar-refractivity contribution in [2.24, 2.45) is 11.7 Å². The van der Waals surface area contributed by atoms with E-state index in [2.05, 4.69) is 4.90 Å². The van der Waals surface area contributed by atoms with Gasteiger partial charge in [0.2, 0.25) is 5.91 Å². The molecule has 1 rings (SSSR count). The van der Waals surface area contributed by atoms with Crippen LogP contribution in [0.1, 0.15) is 19.8 Å². The van der Waals surface area contributed by atoms with Gasteiger partial charge in [-0.15, -0.1) is 0 Å². The molecule has 0 aliphatic carbocycles. The van der Waals surface area contributed by atoms with Crippen molar-refractivity contribution in [2.75, 3.05) is 40.0 Å². The van der Waals surface area contributed by atoms with Crippen LogP contribution in [-0.4, -0.2) is 68.1 Å². The van der Waals surface area contributed by atoms with Crippen LogP contribution in [0.5, 0.6) is 0 Å². The predicted molar refractivity (Wildman–Crippen MR) is 71.7 cm³/mol. The first-order chi connectivity index (χ1) is 9.02. The molecule has 1 saturated heterocycles. The quantitative estimate of drug-likeness (QED) is 0.629. The molecule has 0 aromatic carbocycles. The third-order valence-electron chi connectivity index (χ3n) is 3.35. The first kappa shape index (κ1) is 16.4. The molecular weight excluding hydrogens is 248 g/mol. The molecule has 19 heavy (non-hydrogen) atoms. The van der Waals surface area contributed by atoms with E-state index in [1.54, 1.807) is 7.11 Å². The zero-order valence-electron chi connectivity index (χ0n) is 11.9. The molecule has 0 radical (unpaired) electrons. The van der Waals surface area contributed by atoms with Crippen molar-refractivity contribution in [3.05, 3.63) is 0 Å². The van der Waals surface area contributed by atoms with Gasteiger partial charge < -0.3 is 20.3 Å². The first-order valence-electron chi connectivity index (χ1n) is 6.83. The van der Waals surface area contributed by atoms with Gasteiger partial charge in [-0.1, -0.05) is 0 Å². The molecule has 3 N–H and O–H groups in total. The predicted octanol–water partition coefficient (Wildman–Crippen LogP) is -0.404. The van der Waals surface area contributed by atoms with Crippen LogP contribution in [0.4, 0.5) is 0 Å². The molecule has 6 nitrogen and oxygen atoms in total. The summed E-state index contributed by atoms with van der Waals surface area (Å²) in [5.41, 5.74) is 5.33. The maximum atomic E-state index is 11.2. The smallest absolute Gasteiger partial charge is 0.221 e. The van der Waals surface area contributed by atoms with Gasteiger partial charge in [0.25, 0.3) is 0 Å². The number of likely N-dealkylation sites (tertiary alicyclic amines) is 1. The monoisotopic (exact) mass is 274 g/mol. The van der Waals surface area contributed by atoms with Gasteiger partial charge in [-0.05, 0) is 26.3 Å². The van der Waals surface area contributed by atoms with Crippen molar-refractivity contribution in [1.82, 2.24) is 4.90 Å². The fraction of sp³-hybridized carbons (Fsp3) is 0.923. The normalized spacial score (nSPS) is 24.1. The number of primary amides is 1. The lowest BCUT2D eigenvalue weighted by Gasteiger charge is -2.32. The van der Waals surface area contributed by atoms with Gasteiger partial charge in [-0.3, -0.25) is 9.69 Å². The highest BCUT2D eigenvalue weighted by Gasteiger charge is 2.25. The lowest BCUT2D eigenvalue weighted by molar-refractivity contribution is -0.123. The number of rotatable bonds is 8. The van der Waals surface area contributed by atoms with Gasteiger partial charge in [0.1, 0.15) is 0 Å². The third kappa shape index (κ3) is 6.33. The third-order valence-corrected chi connectivity index (χ3v) is 3.35. The fourth-order valence-electron chi connectivity index (χ4n) is 2.36. The molecule has 6 heteroatoms. The van der Waals surface area contributed by atoms with Crippen LogP contribution in [-0.2, 0) is 14.3 Å². The van der Waals surface area contributed by atoms with E-state index in [0.717, 1.165) is 19.4 Å². The average Bonchev–Trinajstić information content (AvgIpc) is 2.37. The van der Waals surface area contributed by atoms with E-state index in [4.69, 9.17) is 15.2 Å². The summed E-state index contributed by atoms with van der Waals surface area (Å²) in [7, 11) is 1.62. The highest BCUT2D eigenvalue weighted by molar-refractivity contribution is 5.76. The van der Waals surface area contributed by atoms with Crippen molar-refractivity contribution in [2.45, 2.75) is 32.0 Å². The van der Waals surface area contributed by atoms with Crippen LogP contribution in [0.15, 0.2) is 0 Å². The van der Waals surface area contributed by atoms with Gasteiger partial charge in [0.05, 0.1) is 31.3 Å². The van der Waals surface area contributed by atoms with Crippen LogP contribution >= 0.6 is 0 Å². The van der Waals surface area contributed by atoms with Crippen molar-refractivity contribution >= 4 is 5.91 Å². The maximum absolute atomic E-state index is 11.2. The second-order valence-corrected chi connectivity index (χ2v) is 5.25. The molecule has 3 atom stereocenters. The number of aliphatic hydroxyl groups excluding tert-OH is 1. The number of ether oxygens (including phenoxy) is 2. The molecule has 0 aromatic heterocycles. The molecule has 1 aliphatic heterocycles. The van der Waals surface area contributed by atoms with E-state index in [1.165, 1.54) is 0 Å². The highest BCUT2D eigenvalue weighted by Crippen LogP contribution is 2.16. The fourth-order valence-corrected chi connectivity index (χ4v) is 2.36. The standard InChI is InChI=1S/C13H26N2O4/c1-10(8-18-2)19-9-12(16)7-15-5-3-4-11(6-15)13(14)17/h10-12,16H,3-9H2,1-2H3,(H2,14,17). The largest absolute Gasteiger partial charge is 0.389 e. The molecule has 1 fully saturated rings. The molecule has 0 saturated carbocycles. The maximum Gasteiger partial charge on any atom is 0.221 e. The Labute approximate surface area is 114 Å². The summed E-state index contributed by atoms with van der Waals surface area (Å²) >= 11 is 0. The summed E-state index contributed by atoms with van der Waals surface area (Å²) in [5.74, 6) is -0.335. The number of carbonyl (C=O) groups excluding carboxylic acids is 1. The molecular formula is C13H26N2O4. The lowest BCUT2D eigenvalue weighted by atomic mass is 9.97. The van der Waals surface area contributed by atoms with Crippen LogP contribution in [0.2, 0.25) is 0 Å². The van der Waals surface area contributed by atoms with Gasteiger partial charge >= 0.3 is 0 Å². The molecule has 3 unspecified atom stereocenters. The number of methoxy groups -OCH3 is 1. The summed E-state index contributed by atoms with van der Waals surface area (Å²) in [6, 6.07) is 0. The molecule has 0 spiro atoms. The van der Waals surface area contributed by atoms with Crippen LogP contribution in [0.3, 0.4) is 0 Å². The molecule has 1 heterocycles. The molecule has 0 aromatic rings. The SMILES string of the molecule is COCC(C)OCC(O)CN1CCCC(C(N)=O)C1. The Morgan fingerprint density at radius 3 is 2.89 bits per heavy atom. The number of β-amino-alcohol motifs (C(OH)–C–C–N with tert-alkyl or cyclic N) is 1. The highest BCUT2D eigenvalue weighted by atomic mass is 16.5. The number of nitrogens with two attached hydrogens (primary N) is 1. The van der Waals surface area contributed by atoms with E-state index < -0.39 is 6.10 Å². The zero-order chi connectivity index (χ0) is 14.3. The number of nitrogens with zero attached hydrogens (tertiary/aromatic N) is 1. The van der Waals surface area contributed by atoms with Gasteiger partial charge in [0.15, 0.2) is 0 Å². The lowest BCUT2D eigenvalue weighted by Crippen LogP contribution is -2.45. The average molecular weight is 274 g/mol. The van der Waals surface area contributed by atoms with Gasteiger partial charge in [-0.25, -0.2) is 0 Å². The van der Waals surface area contributed by atoms with E-state index in [9.17, 15) is 9.90 Å². The van der Waals surface area contributed by atoms with Crippen LogP contribution in [0.25, 0.3) is 0 Å². The Morgan fingerprint density at radius 2 is 2.26 bits per heavy atom. The minimum atomic E-state index is -0.550. The number of piperidine rings is 1.